The fourth-order valence-corrected chi connectivity index (χ4v) is 0.737. The molecule has 0 heterocycles. The Morgan fingerprint density at radius 3 is 1.31 bits per heavy atom. The molecule has 0 aromatic rings. The van der Waals surface area contributed by atoms with Crippen LogP contribution in [0.3, 0.4) is 0 Å². The van der Waals surface area contributed by atoms with Crippen LogP contribution in [0, 0.1) is 0 Å². The first kappa shape index (κ1) is 23.5. The molecule has 0 aliphatic heterocycles. The molecule has 83 valence electrons. The first-order valence-electron chi connectivity index (χ1n) is 2.52. The van der Waals surface area contributed by atoms with Crippen LogP contribution < -0.4 is 22.9 Å². The molecule has 0 aromatic heterocycles. The first-order chi connectivity index (χ1) is 4.63. The van der Waals surface area contributed by atoms with Gasteiger partial charge in [0.05, 0.1) is 0 Å². The summed E-state index contributed by atoms with van der Waals surface area (Å²) in [6.45, 7) is 1.33. The third-order valence-corrected chi connectivity index (χ3v) is 1.24. The number of rotatable bonds is 3. The maximum Gasteiger partial charge on any atom is 2.00 e. The van der Waals surface area contributed by atoms with Crippen molar-refractivity contribution in [2.45, 2.75) is 0 Å². The normalized spacial score (nSPS) is 6.46. The molecule has 0 spiro atoms. The predicted molar refractivity (Wildman–Crippen MR) is 66.0 cm³/mol. The van der Waals surface area contributed by atoms with Gasteiger partial charge in [-0.15, -0.1) is 0 Å². The van der Waals surface area contributed by atoms with E-state index in [9.17, 15) is 0 Å². The van der Waals surface area contributed by atoms with E-state index in [0.717, 1.165) is 0 Å². The van der Waals surface area contributed by atoms with Crippen LogP contribution in [0.4, 0.5) is 0 Å². The van der Waals surface area contributed by atoms with E-state index in [1.807, 2.05) is 0 Å². The van der Waals surface area contributed by atoms with Crippen molar-refractivity contribution in [3.05, 3.63) is 0 Å². The van der Waals surface area contributed by atoms with Crippen LogP contribution in [-0.4, -0.2) is 21.7 Å². The molecule has 0 saturated heterocycles. The van der Waals surface area contributed by atoms with Crippen molar-refractivity contribution in [2.24, 2.45) is 0 Å². The van der Waals surface area contributed by atoms with Gasteiger partial charge in [-0.05, 0) is 0 Å². The van der Waals surface area contributed by atoms with E-state index in [0.29, 0.717) is 21.7 Å². The van der Waals surface area contributed by atoms with Crippen molar-refractivity contribution in [2.75, 3.05) is 13.1 Å². The molecular formula is C4H12CuN4S4. The van der Waals surface area contributed by atoms with Crippen LogP contribution in [0.25, 0.3) is 0 Å². The van der Waals surface area contributed by atoms with E-state index in [-0.39, 0.29) is 29.4 Å². The Bertz CT molecular complexity index is 128. The molecule has 13 heavy (non-hydrogen) atoms. The van der Waals surface area contributed by atoms with Crippen molar-refractivity contribution in [3.8, 4) is 0 Å². The third kappa shape index (κ3) is 24.5. The molecule has 4 nitrogen and oxygen atoms in total. The van der Waals surface area contributed by atoms with Gasteiger partial charge in [0.1, 0.15) is 0 Å². The summed E-state index contributed by atoms with van der Waals surface area (Å²) in [7, 11) is 0. The largest absolute Gasteiger partial charge is 2.00 e. The maximum atomic E-state index is 4.59. The van der Waals surface area contributed by atoms with Crippen molar-refractivity contribution in [1.29, 1.82) is 0 Å². The van der Waals surface area contributed by atoms with Crippen molar-refractivity contribution < 1.29 is 17.1 Å². The van der Waals surface area contributed by atoms with E-state index >= 15 is 0 Å². The first-order valence-corrected chi connectivity index (χ1v) is 4.16. The second kappa shape index (κ2) is 15.1. The Balaban J connectivity index is -0.000000135. The molecule has 0 unspecified atom stereocenters. The van der Waals surface area contributed by atoms with E-state index < -0.39 is 0 Å². The average molecular weight is 308 g/mol. The van der Waals surface area contributed by atoms with Crippen molar-refractivity contribution in [3.63, 3.8) is 0 Å². The van der Waals surface area contributed by atoms with Gasteiger partial charge in [-0.1, -0.05) is 8.64 Å². The SMILES string of the molecule is N.N.S=C([S-])NCCNC(=S)[S-].[Cu+2]. The zero-order chi connectivity index (χ0) is 7.98. The zero-order valence-corrected chi connectivity index (χ0v) is 11.0. The molecular weight excluding hydrogens is 296 g/mol. The van der Waals surface area contributed by atoms with E-state index in [1.54, 1.807) is 0 Å². The molecule has 0 saturated carbocycles. The molecule has 0 amide bonds. The maximum absolute atomic E-state index is 4.59. The topological polar surface area (TPSA) is 94.1 Å². The molecule has 0 aliphatic rings. The fraction of sp³-hybridized carbons (Fsp3) is 0.500. The minimum absolute atomic E-state index is 0. The van der Waals surface area contributed by atoms with Gasteiger partial charge < -0.3 is 72.6 Å². The van der Waals surface area contributed by atoms with E-state index in [1.165, 1.54) is 0 Å². The predicted octanol–water partition coefficient (Wildman–Crippen LogP) is 0.151. The Hall–Kier alpha value is 0.659. The van der Waals surface area contributed by atoms with Crippen LogP contribution in [0.15, 0.2) is 0 Å². The number of nitrogens with one attached hydrogen (secondary N) is 2. The summed E-state index contributed by atoms with van der Waals surface area (Å²) in [6.07, 6.45) is 0. The quantitative estimate of drug-likeness (QED) is 0.253. The van der Waals surface area contributed by atoms with Gasteiger partial charge in [-0.3, -0.25) is 0 Å². The van der Waals surface area contributed by atoms with Crippen molar-refractivity contribution >= 4 is 58.3 Å². The summed E-state index contributed by atoms with van der Waals surface area (Å²) in [4.78, 5) is 0. The van der Waals surface area contributed by atoms with Crippen molar-refractivity contribution in [1.82, 2.24) is 22.9 Å². The summed E-state index contributed by atoms with van der Waals surface area (Å²) in [6, 6.07) is 0. The number of hydrogen-bond donors (Lipinski definition) is 4. The Labute approximate surface area is 111 Å². The monoisotopic (exact) mass is 307 g/mol. The Morgan fingerprint density at radius 1 is 0.923 bits per heavy atom. The van der Waals surface area contributed by atoms with E-state index in [2.05, 4.69) is 60.3 Å². The minimum Gasteiger partial charge on any atom is -0.412 e. The minimum atomic E-state index is 0. The van der Waals surface area contributed by atoms with Crippen LogP contribution >= 0.6 is 24.4 Å². The second-order valence-electron chi connectivity index (χ2n) is 1.43. The van der Waals surface area contributed by atoms with Gasteiger partial charge in [0.25, 0.3) is 0 Å². The van der Waals surface area contributed by atoms with Gasteiger partial charge in [0, 0.05) is 13.1 Å². The molecule has 0 rings (SSSR count). The van der Waals surface area contributed by atoms with Crippen LogP contribution in [0.1, 0.15) is 0 Å². The third-order valence-electron chi connectivity index (χ3n) is 0.664. The number of thiocarbonyl (C=S) groups is 2. The van der Waals surface area contributed by atoms with Gasteiger partial charge in [-0.2, -0.15) is 0 Å². The average Bonchev–Trinajstić information content (AvgIpc) is 1.79. The molecule has 8 N–H and O–H groups in total. The Kier molecular flexibility index (Phi) is 27.3. The van der Waals surface area contributed by atoms with Gasteiger partial charge in [-0.25, -0.2) is 0 Å². The van der Waals surface area contributed by atoms with Gasteiger partial charge in [0.2, 0.25) is 0 Å². The molecule has 9 heteroatoms. The molecule has 0 aromatic carbocycles. The van der Waals surface area contributed by atoms with Gasteiger partial charge >= 0.3 is 17.1 Å². The smallest absolute Gasteiger partial charge is 0.412 e. The summed E-state index contributed by atoms with van der Waals surface area (Å²) < 4.78 is 0.745. The molecule has 1 radical (unpaired) electrons. The molecule has 0 bridgehead atoms. The standard InChI is InChI=1S/C4H8N2S4.Cu.2H3N/c7-3(8)5-1-2-6-4(9)10;;;/h1-2H2,(H2,5,7,8)(H2,6,9,10);;2*1H3/q;+2;;/p-2. The second-order valence-corrected chi connectivity index (χ2v) is 3.58. The summed E-state index contributed by atoms with van der Waals surface area (Å²) in [5.41, 5.74) is 0. The summed E-state index contributed by atoms with van der Waals surface area (Å²) in [5, 5.41) is 5.56. The fourth-order valence-electron chi connectivity index (χ4n) is 0.329. The summed E-state index contributed by atoms with van der Waals surface area (Å²) >= 11 is 18.4. The van der Waals surface area contributed by atoms with Crippen LogP contribution in [0.5, 0.6) is 0 Å². The molecule has 0 aliphatic carbocycles. The van der Waals surface area contributed by atoms with Gasteiger partial charge in [0.15, 0.2) is 0 Å². The molecule has 0 atom stereocenters. The Morgan fingerprint density at radius 2 is 1.15 bits per heavy atom. The number of hydrogen-bond acceptors (Lipinski definition) is 6. The van der Waals surface area contributed by atoms with Crippen LogP contribution in [0.2, 0.25) is 0 Å². The molecule has 0 fully saturated rings. The van der Waals surface area contributed by atoms with E-state index in [4.69, 9.17) is 0 Å². The zero-order valence-electron chi connectivity index (χ0n) is 6.76. The van der Waals surface area contributed by atoms with Crippen LogP contribution in [-0.2, 0) is 42.3 Å². The summed E-state index contributed by atoms with van der Waals surface area (Å²) in [5.74, 6) is 0.